The fraction of sp³-hybridized carbons (Fsp3) is 0.350. The van der Waals surface area contributed by atoms with Crippen molar-refractivity contribution in [3.63, 3.8) is 0 Å². The number of carbonyl (C=O) groups is 1. The quantitative estimate of drug-likeness (QED) is 0.689. The Balaban J connectivity index is 1.68. The van der Waals surface area contributed by atoms with E-state index in [9.17, 15) is 21.6 Å². The van der Waals surface area contributed by atoms with Crippen molar-refractivity contribution >= 4 is 31.5 Å². The Bertz CT molecular complexity index is 1110. The van der Waals surface area contributed by atoms with E-state index >= 15 is 0 Å². The molecule has 1 aliphatic heterocycles. The smallest absolute Gasteiger partial charge is 0.261 e. The summed E-state index contributed by atoms with van der Waals surface area (Å²) in [4.78, 5) is 14.2. The maximum Gasteiger partial charge on any atom is 0.261 e. The van der Waals surface area contributed by atoms with Crippen LogP contribution in [0.1, 0.15) is 23.7 Å². The van der Waals surface area contributed by atoms with Gasteiger partial charge in [0.1, 0.15) is 5.75 Å². The van der Waals surface area contributed by atoms with E-state index in [-0.39, 0.29) is 28.4 Å². The molecule has 2 aromatic carbocycles. The van der Waals surface area contributed by atoms with Gasteiger partial charge in [0.25, 0.3) is 15.9 Å². The van der Waals surface area contributed by atoms with Gasteiger partial charge in [-0.15, -0.1) is 0 Å². The lowest BCUT2D eigenvalue weighted by Gasteiger charge is -2.23. The van der Waals surface area contributed by atoms with Gasteiger partial charge in [0, 0.05) is 24.3 Å². The van der Waals surface area contributed by atoms with E-state index in [1.807, 2.05) is 6.92 Å². The standard InChI is InChI=1S/C20H24N2O6S2/c1-3-28-18-8-10-19(11-9-18)30(26,27)21-16-6-4-15(5-7-16)20(23)22(2)17-12-13-29(24,25)14-17/h4-11,17,21H,3,12-14H2,1-2H3. The number of nitrogens with one attached hydrogen (secondary N) is 1. The molecule has 0 aliphatic carbocycles. The molecule has 30 heavy (non-hydrogen) atoms. The molecule has 1 heterocycles. The van der Waals surface area contributed by atoms with Crippen LogP contribution in [0.3, 0.4) is 0 Å². The van der Waals surface area contributed by atoms with E-state index in [0.29, 0.717) is 30.0 Å². The Morgan fingerprint density at radius 1 is 1.13 bits per heavy atom. The van der Waals surface area contributed by atoms with Crippen LogP contribution < -0.4 is 9.46 Å². The van der Waals surface area contributed by atoms with Gasteiger partial charge in [0.2, 0.25) is 0 Å². The average Bonchev–Trinajstić information content (AvgIpc) is 3.07. The second-order valence-electron chi connectivity index (χ2n) is 7.06. The number of carbonyl (C=O) groups excluding carboxylic acids is 1. The van der Waals surface area contributed by atoms with Gasteiger partial charge in [-0.3, -0.25) is 9.52 Å². The zero-order chi connectivity index (χ0) is 21.9. The third kappa shape index (κ3) is 5.11. The van der Waals surface area contributed by atoms with Gasteiger partial charge >= 0.3 is 0 Å². The molecule has 1 atom stereocenters. The number of anilines is 1. The van der Waals surface area contributed by atoms with Crippen LogP contribution in [0.4, 0.5) is 5.69 Å². The molecule has 1 aliphatic rings. The van der Waals surface area contributed by atoms with Gasteiger partial charge in [-0.05, 0) is 61.9 Å². The van der Waals surface area contributed by atoms with E-state index in [4.69, 9.17) is 4.74 Å². The van der Waals surface area contributed by atoms with Crippen molar-refractivity contribution in [2.45, 2.75) is 24.3 Å². The number of ether oxygens (including phenoxy) is 1. The Hall–Kier alpha value is -2.59. The summed E-state index contributed by atoms with van der Waals surface area (Å²) in [6.45, 7) is 2.33. The molecular weight excluding hydrogens is 428 g/mol. The highest BCUT2D eigenvalue weighted by Gasteiger charge is 2.33. The van der Waals surface area contributed by atoms with E-state index in [1.165, 1.54) is 41.3 Å². The van der Waals surface area contributed by atoms with Crippen molar-refractivity contribution in [3.05, 3.63) is 54.1 Å². The summed E-state index contributed by atoms with van der Waals surface area (Å²) < 4.78 is 56.2. The van der Waals surface area contributed by atoms with E-state index < -0.39 is 19.9 Å². The van der Waals surface area contributed by atoms with Crippen molar-refractivity contribution in [1.29, 1.82) is 0 Å². The van der Waals surface area contributed by atoms with Crippen molar-refractivity contribution in [2.75, 3.05) is 29.9 Å². The highest BCUT2D eigenvalue weighted by Crippen LogP contribution is 2.22. The Labute approximate surface area is 176 Å². The summed E-state index contributed by atoms with van der Waals surface area (Å²) in [5.41, 5.74) is 0.664. The zero-order valence-corrected chi connectivity index (χ0v) is 18.4. The molecular formula is C20H24N2O6S2. The minimum atomic E-state index is -3.79. The number of nitrogens with zero attached hydrogens (tertiary/aromatic N) is 1. The molecule has 0 radical (unpaired) electrons. The first-order valence-electron chi connectivity index (χ1n) is 9.44. The normalized spacial score (nSPS) is 18.0. The second kappa shape index (κ2) is 8.65. The van der Waals surface area contributed by atoms with E-state index in [0.717, 1.165) is 0 Å². The number of hydrogen-bond donors (Lipinski definition) is 1. The molecule has 3 rings (SSSR count). The molecule has 1 fully saturated rings. The molecule has 0 bridgehead atoms. The fourth-order valence-corrected chi connectivity index (χ4v) is 6.06. The molecule has 0 aromatic heterocycles. The third-order valence-electron chi connectivity index (χ3n) is 4.91. The van der Waals surface area contributed by atoms with E-state index in [2.05, 4.69) is 4.72 Å². The second-order valence-corrected chi connectivity index (χ2v) is 11.0. The largest absolute Gasteiger partial charge is 0.494 e. The van der Waals surface area contributed by atoms with Crippen molar-refractivity contribution in [3.8, 4) is 5.75 Å². The Morgan fingerprint density at radius 2 is 1.77 bits per heavy atom. The Morgan fingerprint density at radius 3 is 2.30 bits per heavy atom. The minimum absolute atomic E-state index is 0.0325. The van der Waals surface area contributed by atoms with Gasteiger partial charge in [-0.1, -0.05) is 0 Å². The van der Waals surface area contributed by atoms with E-state index in [1.54, 1.807) is 19.2 Å². The maximum atomic E-state index is 12.6. The van der Waals surface area contributed by atoms with Gasteiger partial charge in [0.05, 0.1) is 23.0 Å². The number of sulfonamides is 1. The van der Waals surface area contributed by atoms with Gasteiger partial charge in [-0.2, -0.15) is 0 Å². The van der Waals surface area contributed by atoms with Crippen molar-refractivity contribution in [1.82, 2.24) is 4.90 Å². The van der Waals surface area contributed by atoms with Gasteiger partial charge in [0.15, 0.2) is 9.84 Å². The summed E-state index contributed by atoms with van der Waals surface area (Å²) in [5.74, 6) is 0.327. The fourth-order valence-electron chi connectivity index (χ4n) is 3.23. The van der Waals surface area contributed by atoms with Crippen LogP contribution in [-0.2, 0) is 19.9 Å². The molecule has 162 valence electrons. The van der Waals surface area contributed by atoms with Crippen molar-refractivity contribution < 1.29 is 26.4 Å². The summed E-state index contributed by atoms with van der Waals surface area (Å²) in [6.07, 6.45) is 0.421. The molecule has 10 heteroatoms. The maximum absolute atomic E-state index is 12.6. The number of amides is 1. The number of hydrogen-bond acceptors (Lipinski definition) is 6. The number of sulfone groups is 1. The van der Waals surface area contributed by atoms with Crippen LogP contribution >= 0.6 is 0 Å². The molecule has 8 nitrogen and oxygen atoms in total. The molecule has 1 saturated heterocycles. The lowest BCUT2D eigenvalue weighted by molar-refractivity contribution is 0.0747. The zero-order valence-electron chi connectivity index (χ0n) is 16.7. The predicted octanol–water partition coefficient (Wildman–Crippen LogP) is 2.15. The molecule has 0 saturated carbocycles. The lowest BCUT2D eigenvalue weighted by atomic mass is 10.1. The van der Waals surface area contributed by atoms with Crippen molar-refractivity contribution in [2.24, 2.45) is 0 Å². The van der Waals surface area contributed by atoms with Gasteiger partial charge < -0.3 is 9.64 Å². The molecule has 1 amide bonds. The topological polar surface area (TPSA) is 110 Å². The molecule has 2 aromatic rings. The summed E-state index contributed by atoms with van der Waals surface area (Å²) in [6, 6.07) is 11.7. The van der Waals surface area contributed by atoms with Crippen LogP contribution in [0.5, 0.6) is 5.75 Å². The monoisotopic (exact) mass is 452 g/mol. The predicted molar refractivity (Wildman–Crippen MR) is 114 cm³/mol. The van der Waals surface area contributed by atoms with Crippen LogP contribution in [0, 0.1) is 0 Å². The van der Waals surface area contributed by atoms with Gasteiger partial charge in [-0.25, -0.2) is 16.8 Å². The first-order chi connectivity index (χ1) is 14.1. The first-order valence-corrected chi connectivity index (χ1v) is 12.7. The van der Waals surface area contributed by atoms with Crippen LogP contribution in [0.2, 0.25) is 0 Å². The van der Waals surface area contributed by atoms with Crippen LogP contribution in [0.15, 0.2) is 53.4 Å². The highest BCUT2D eigenvalue weighted by molar-refractivity contribution is 7.92. The first kappa shape index (κ1) is 22.1. The number of rotatable bonds is 7. The van der Waals surface area contributed by atoms with Crippen LogP contribution in [-0.4, -0.2) is 58.8 Å². The SMILES string of the molecule is CCOc1ccc(S(=O)(=O)Nc2ccc(C(=O)N(C)C3CCS(=O)(=O)C3)cc2)cc1. The summed E-state index contributed by atoms with van der Waals surface area (Å²) in [5, 5.41) is 0. The molecule has 1 unspecified atom stereocenters. The number of benzene rings is 2. The third-order valence-corrected chi connectivity index (χ3v) is 8.05. The summed E-state index contributed by atoms with van der Waals surface area (Å²) in [7, 11) is -5.30. The Kier molecular flexibility index (Phi) is 6.37. The lowest BCUT2D eigenvalue weighted by Crippen LogP contribution is -2.37. The molecule has 1 N–H and O–H groups in total. The minimum Gasteiger partial charge on any atom is -0.494 e. The highest BCUT2D eigenvalue weighted by atomic mass is 32.2. The van der Waals surface area contributed by atoms with Crippen LogP contribution in [0.25, 0.3) is 0 Å². The molecule has 0 spiro atoms. The summed E-state index contributed by atoms with van der Waals surface area (Å²) >= 11 is 0. The average molecular weight is 453 g/mol.